The molecule has 0 fully saturated rings. The van der Waals surface area contributed by atoms with E-state index < -0.39 is 0 Å². The normalized spacial score (nSPS) is 12.1. The van der Waals surface area contributed by atoms with E-state index in [-0.39, 0.29) is 0 Å². The van der Waals surface area contributed by atoms with Gasteiger partial charge in [0.2, 0.25) is 0 Å². The Balaban J connectivity index is 2.90. The molecule has 0 aromatic heterocycles. The Morgan fingerprint density at radius 3 is 1.31 bits per heavy atom. The Labute approximate surface area is 263 Å². The van der Waals surface area contributed by atoms with Gasteiger partial charge in [-0.05, 0) is 49.4 Å². The van der Waals surface area contributed by atoms with Crippen LogP contribution in [0.4, 0.5) is 5.69 Å². The van der Waals surface area contributed by atoms with E-state index in [0.29, 0.717) is 10.8 Å². The monoisotopic (exact) mass is 588 g/mol. The molecule has 0 spiro atoms. The summed E-state index contributed by atoms with van der Waals surface area (Å²) >= 11 is 0. The molecule has 42 heavy (non-hydrogen) atoms. The van der Waals surface area contributed by atoms with Crippen LogP contribution in [0.3, 0.4) is 0 Å². The highest BCUT2D eigenvalue weighted by Gasteiger charge is 2.14. The second-order valence-electron chi connectivity index (χ2n) is 15.3. The van der Waals surface area contributed by atoms with Gasteiger partial charge in [-0.1, -0.05) is 139 Å². The van der Waals surface area contributed by atoms with Gasteiger partial charge in [0, 0.05) is 37.0 Å². The molecule has 1 aromatic carbocycles. The summed E-state index contributed by atoms with van der Waals surface area (Å²) in [7, 11) is 0. The van der Waals surface area contributed by atoms with Gasteiger partial charge < -0.3 is 14.4 Å². The topological polar surface area (TPSA) is 21.7 Å². The first-order chi connectivity index (χ1) is 20.0. The fourth-order valence-electron chi connectivity index (χ4n) is 5.51. The lowest BCUT2D eigenvalue weighted by atomic mass is 9.89. The maximum absolute atomic E-state index is 6.36. The van der Waals surface area contributed by atoms with Crippen molar-refractivity contribution in [2.24, 2.45) is 10.8 Å². The highest BCUT2D eigenvalue weighted by atomic mass is 16.5. The van der Waals surface area contributed by atoms with Gasteiger partial charge in [0.05, 0.1) is 13.2 Å². The summed E-state index contributed by atoms with van der Waals surface area (Å²) in [5, 5.41) is 0. The predicted molar refractivity (Wildman–Crippen MR) is 188 cm³/mol. The zero-order chi connectivity index (χ0) is 31.1. The minimum atomic E-state index is 0.402. The van der Waals surface area contributed by atoms with Crippen LogP contribution in [0, 0.1) is 10.8 Å². The molecule has 0 unspecified atom stereocenters. The van der Waals surface area contributed by atoms with Crippen molar-refractivity contribution in [2.75, 3.05) is 31.2 Å². The minimum Gasteiger partial charge on any atom is -0.493 e. The van der Waals surface area contributed by atoms with Gasteiger partial charge in [-0.3, -0.25) is 0 Å². The molecular formula is C39H73NO2. The first-order valence-electron chi connectivity index (χ1n) is 18.2. The SMILES string of the molecule is CCCCCCCCOc1cc(OCCCCCCCC)cc(N(CCCCCC(C)(C)C)CCCCC(C)(C)C)c1. The molecule has 1 aromatic rings. The molecule has 0 amide bonds. The lowest BCUT2D eigenvalue weighted by molar-refractivity contribution is 0.290. The number of benzene rings is 1. The lowest BCUT2D eigenvalue weighted by Gasteiger charge is -2.27. The zero-order valence-electron chi connectivity index (χ0n) is 29.8. The van der Waals surface area contributed by atoms with Crippen molar-refractivity contribution in [3.8, 4) is 11.5 Å². The molecule has 246 valence electrons. The van der Waals surface area contributed by atoms with Crippen molar-refractivity contribution in [2.45, 2.75) is 177 Å². The summed E-state index contributed by atoms with van der Waals surface area (Å²) in [6.07, 6.45) is 24.4. The van der Waals surface area contributed by atoms with E-state index in [0.717, 1.165) is 50.6 Å². The Hall–Kier alpha value is -1.38. The third kappa shape index (κ3) is 22.2. The standard InChI is InChI=1S/C39H73NO2/c1-9-11-13-15-17-24-30-41-36-32-35(33-37(34-36)42-31-25-18-16-14-12-10-2)40(29-23-21-27-39(6,7)8)28-22-19-20-26-38(3,4)5/h32-34H,9-31H2,1-8H3. The molecule has 0 saturated carbocycles. The zero-order valence-corrected chi connectivity index (χ0v) is 29.8. The molecule has 0 saturated heterocycles. The molecule has 0 aliphatic rings. The third-order valence-electron chi connectivity index (χ3n) is 8.22. The van der Waals surface area contributed by atoms with Crippen LogP contribution in [-0.2, 0) is 0 Å². The summed E-state index contributed by atoms with van der Waals surface area (Å²) < 4.78 is 12.7. The molecule has 0 N–H and O–H groups in total. The fraction of sp³-hybridized carbons (Fsp3) is 0.846. The number of hydrogen-bond donors (Lipinski definition) is 0. The molecule has 0 radical (unpaired) electrons. The van der Waals surface area contributed by atoms with Gasteiger partial charge in [0.15, 0.2) is 0 Å². The quantitative estimate of drug-likeness (QED) is 0.101. The largest absolute Gasteiger partial charge is 0.493 e. The molecular weight excluding hydrogens is 514 g/mol. The van der Waals surface area contributed by atoms with Crippen LogP contribution < -0.4 is 14.4 Å². The molecule has 0 bridgehead atoms. The van der Waals surface area contributed by atoms with E-state index in [1.165, 1.54) is 115 Å². The third-order valence-corrected chi connectivity index (χ3v) is 8.22. The van der Waals surface area contributed by atoms with Crippen LogP contribution >= 0.6 is 0 Å². The van der Waals surface area contributed by atoms with Gasteiger partial charge >= 0.3 is 0 Å². The van der Waals surface area contributed by atoms with Crippen LogP contribution in [0.25, 0.3) is 0 Å². The van der Waals surface area contributed by atoms with Crippen LogP contribution in [0.15, 0.2) is 18.2 Å². The number of nitrogens with zero attached hydrogens (tertiary/aromatic N) is 1. The van der Waals surface area contributed by atoms with Gasteiger partial charge in [0.25, 0.3) is 0 Å². The van der Waals surface area contributed by atoms with Crippen LogP contribution in [0.2, 0.25) is 0 Å². The van der Waals surface area contributed by atoms with E-state index in [9.17, 15) is 0 Å². The second-order valence-corrected chi connectivity index (χ2v) is 15.3. The summed E-state index contributed by atoms with van der Waals surface area (Å²) in [5.41, 5.74) is 2.11. The van der Waals surface area contributed by atoms with E-state index >= 15 is 0 Å². The molecule has 0 atom stereocenters. The fourth-order valence-corrected chi connectivity index (χ4v) is 5.51. The Morgan fingerprint density at radius 2 is 0.857 bits per heavy atom. The summed E-state index contributed by atoms with van der Waals surface area (Å²) in [4.78, 5) is 2.62. The average molecular weight is 588 g/mol. The molecule has 0 heterocycles. The van der Waals surface area contributed by atoms with Crippen molar-refractivity contribution in [1.82, 2.24) is 0 Å². The first-order valence-corrected chi connectivity index (χ1v) is 18.2. The van der Waals surface area contributed by atoms with Gasteiger partial charge in [-0.25, -0.2) is 0 Å². The van der Waals surface area contributed by atoms with E-state index in [2.05, 4.69) is 78.5 Å². The molecule has 1 rings (SSSR count). The Bertz CT molecular complexity index is 724. The lowest BCUT2D eigenvalue weighted by Crippen LogP contribution is -2.26. The number of hydrogen-bond acceptors (Lipinski definition) is 3. The maximum Gasteiger partial charge on any atom is 0.125 e. The predicted octanol–water partition coefficient (Wildman–Crippen LogP) is 12.8. The van der Waals surface area contributed by atoms with Gasteiger partial charge in [-0.15, -0.1) is 0 Å². The van der Waals surface area contributed by atoms with E-state index in [1.54, 1.807) is 0 Å². The van der Waals surface area contributed by atoms with E-state index in [1.807, 2.05) is 0 Å². The van der Waals surface area contributed by atoms with Crippen molar-refractivity contribution in [1.29, 1.82) is 0 Å². The number of unbranched alkanes of at least 4 members (excludes halogenated alkanes) is 13. The summed E-state index contributed by atoms with van der Waals surface area (Å²) in [5.74, 6) is 1.96. The van der Waals surface area contributed by atoms with Crippen molar-refractivity contribution >= 4 is 5.69 Å². The van der Waals surface area contributed by atoms with Crippen molar-refractivity contribution in [3.63, 3.8) is 0 Å². The highest BCUT2D eigenvalue weighted by Crippen LogP contribution is 2.31. The average Bonchev–Trinajstić information content (AvgIpc) is 2.91. The molecule has 3 nitrogen and oxygen atoms in total. The molecule has 0 aliphatic carbocycles. The minimum absolute atomic E-state index is 0.402. The van der Waals surface area contributed by atoms with Gasteiger partial charge in [-0.2, -0.15) is 0 Å². The molecule has 3 heteroatoms. The molecule has 0 aliphatic heterocycles. The van der Waals surface area contributed by atoms with Crippen molar-refractivity contribution in [3.05, 3.63) is 18.2 Å². The van der Waals surface area contributed by atoms with Crippen LogP contribution in [0.1, 0.15) is 177 Å². The number of anilines is 1. The Morgan fingerprint density at radius 1 is 0.476 bits per heavy atom. The van der Waals surface area contributed by atoms with Crippen molar-refractivity contribution < 1.29 is 9.47 Å². The van der Waals surface area contributed by atoms with Crippen LogP contribution in [-0.4, -0.2) is 26.3 Å². The Kier molecular flexibility index (Phi) is 21.2. The number of ether oxygens (including phenoxy) is 2. The highest BCUT2D eigenvalue weighted by molar-refractivity contribution is 5.55. The maximum atomic E-state index is 6.36. The number of rotatable bonds is 26. The smallest absolute Gasteiger partial charge is 0.125 e. The first kappa shape index (κ1) is 38.6. The summed E-state index contributed by atoms with van der Waals surface area (Å²) in [6.45, 7) is 22.5. The van der Waals surface area contributed by atoms with E-state index in [4.69, 9.17) is 9.47 Å². The van der Waals surface area contributed by atoms with Crippen LogP contribution in [0.5, 0.6) is 11.5 Å². The second kappa shape index (κ2) is 23.1. The van der Waals surface area contributed by atoms with Gasteiger partial charge in [0.1, 0.15) is 11.5 Å². The summed E-state index contributed by atoms with van der Waals surface area (Å²) in [6, 6.07) is 6.71.